The van der Waals surface area contributed by atoms with Crippen LogP contribution >= 0.6 is 11.8 Å². The van der Waals surface area contributed by atoms with Gasteiger partial charge in [0.1, 0.15) is 18.2 Å². The Kier molecular flexibility index (Phi) is 6.35. The number of hydrogen-bond acceptors (Lipinski definition) is 7. The highest BCUT2D eigenvalue weighted by Crippen LogP contribution is 2.66. The van der Waals surface area contributed by atoms with Crippen molar-refractivity contribution in [1.82, 2.24) is 30.5 Å². The summed E-state index contributed by atoms with van der Waals surface area (Å²) in [5, 5.41) is 24.2. The monoisotopic (exact) mass is 534 g/mol. The van der Waals surface area contributed by atoms with Crippen molar-refractivity contribution in [2.75, 3.05) is 6.61 Å². The Morgan fingerprint density at radius 2 is 1.89 bits per heavy atom. The maximum absolute atomic E-state index is 13.9. The van der Waals surface area contributed by atoms with Gasteiger partial charge in [0, 0.05) is 11.8 Å². The van der Waals surface area contributed by atoms with E-state index in [1.165, 1.54) is 4.90 Å². The normalized spacial score (nSPS) is 28.5. The van der Waals surface area contributed by atoms with Crippen molar-refractivity contribution in [2.45, 2.75) is 55.1 Å². The summed E-state index contributed by atoms with van der Waals surface area (Å²) in [5.41, 5.74) is 2.50. The molecular weight excluding hydrogens is 504 g/mol. The van der Waals surface area contributed by atoms with Gasteiger partial charge in [0.25, 0.3) is 0 Å². The number of carbonyl (C=O) groups excluding carboxylic acids is 3. The van der Waals surface area contributed by atoms with Gasteiger partial charge in [-0.25, -0.2) is 4.68 Å². The summed E-state index contributed by atoms with van der Waals surface area (Å²) < 4.78 is 0.895. The average molecular weight is 535 g/mol. The van der Waals surface area contributed by atoms with Gasteiger partial charge in [-0.1, -0.05) is 47.7 Å². The second-order valence-corrected chi connectivity index (χ2v) is 11.9. The standard InChI is InChI=1S/C27H30N6O4S/c1-16(14-34)33-23(25(36)29-15-32-19-10-6-5-9-18(19)30-31-32)27-12-11-20(38-27)21(22(27)26(33)37)24(35)28-13-17-7-3-2-4-8-17/h2-10,16,20-23,34H,11-15H2,1H3,(H,28,35)(H,29,36)/t16-,20+,21-,22+,23?,27?/m1/s1. The number of thioether (sulfide) groups is 1. The Balaban J connectivity index is 1.25. The molecule has 0 aliphatic carbocycles. The number of benzene rings is 2. The number of nitrogens with zero attached hydrogens (tertiary/aromatic N) is 4. The molecule has 6 rings (SSSR count). The summed E-state index contributed by atoms with van der Waals surface area (Å²) in [4.78, 5) is 42.7. The Morgan fingerprint density at radius 3 is 2.68 bits per heavy atom. The molecule has 3 aliphatic rings. The van der Waals surface area contributed by atoms with Crippen LogP contribution in [0.2, 0.25) is 0 Å². The number of aliphatic hydroxyl groups is 1. The van der Waals surface area contributed by atoms with Crippen LogP contribution in [-0.2, 0) is 27.6 Å². The number of para-hydroxylation sites is 1. The van der Waals surface area contributed by atoms with Crippen molar-refractivity contribution in [1.29, 1.82) is 0 Å². The smallest absolute Gasteiger partial charge is 0.245 e. The molecule has 11 heteroatoms. The van der Waals surface area contributed by atoms with Gasteiger partial charge in [0.15, 0.2) is 0 Å². The Hall–Kier alpha value is -3.44. The van der Waals surface area contributed by atoms with Gasteiger partial charge in [-0.15, -0.1) is 16.9 Å². The lowest BCUT2D eigenvalue weighted by Gasteiger charge is -2.35. The largest absolute Gasteiger partial charge is 0.394 e. The number of likely N-dealkylation sites (tertiary alicyclic amines) is 1. The highest BCUT2D eigenvalue weighted by molar-refractivity contribution is 8.02. The maximum atomic E-state index is 13.9. The quantitative estimate of drug-likeness (QED) is 0.397. The van der Waals surface area contributed by atoms with E-state index in [-0.39, 0.29) is 36.2 Å². The van der Waals surface area contributed by atoms with Gasteiger partial charge in [0.05, 0.1) is 34.7 Å². The Labute approximate surface area is 224 Å². The molecule has 3 amide bonds. The third-order valence-electron chi connectivity index (χ3n) is 8.16. The minimum absolute atomic E-state index is 0.0270. The van der Waals surface area contributed by atoms with Crippen molar-refractivity contribution >= 4 is 40.5 Å². The van der Waals surface area contributed by atoms with Crippen molar-refractivity contribution < 1.29 is 19.5 Å². The van der Waals surface area contributed by atoms with Crippen LogP contribution in [0.15, 0.2) is 54.6 Å². The second-order valence-electron chi connectivity index (χ2n) is 10.3. The van der Waals surface area contributed by atoms with Crippen LogP contribution in [0.1, 0.15) is 25.3 Å². The highest BCUT2D eigenvalue weighted by atomic mass is 32.2. The van der Waals surface area contributed by atoms with Crippen LogP contribution < -0.4 is 10.6 Å². The van der Waals surface area contributed by atoms with E-state index in [1.54, 1.807) is 23.4 Å². The first-order valence-corrected chi connectivity index (χ1v) is 13.8. The molecule has 2 bridgehead atoms. The van der Waals surface area contributed by atoms with E-state index >= 15 is 0 Å². The van der Waals surface area contributed by atoms with Crippen molar-refractivity contribution in [2.24, 2.45) is 11.8 Å². The van der Waals surface area contributed by atoms with Crippen molar-refractivity contribution in [3.8, 4) is 0 Å². The molecule has 3 saturated heterocycles. The summed E-state index contributed by atoms with van der Waals surface area (Å²) in [7, 11) is 0. The molecule has 198 valence electrons. The molecule has 1 spiro atoms. The minimum Gasteiger partial charge on any atom is -0.394 e. The Bertz CT molecular complexity index is 1380. The zero-order valence-electron chi connectivity index (χ0n) is 21.0. The minimum atomic E-state index is -0.793. The van der Waals surface area contributed by atoms with Gasteiger partial charge in [-0.05, 0) is 37.5 Å². The number of rotatable bonds is 8. The molecule has 0 radical (unpaired) electrons. The molecule has 1 aromatic heterocycles. The SMILES string of the molecule is C[C@H](CO)N1C(=O)[C@@H]2[C@H](C(=O)NCc3ccccc3)[C@@H]3CCC2(S3)C1C(=O)NCn1nnc2ccccc21. The number of aliphatic hydroxyl groups excluding tert-OH is 1. The third kappa shape index (κ3) is 3.87. The van der Waals surface area contributed by atoms with Gasteiger partial charge in [0.2, 0.25) is 17.7 Å². The molecule has 3 N–H and O–H groups in total. The number of aromatic nitrogens is 3. The lowest BCUT2D eigenvalue weighted by molar-refractivity contribution is -0.142. The third-order valence-corrected chi connectivity index (χ3v) is 10.1. The van der Waals surface area contributed by atoms with Gasteiger partial charge in [-0.3, -0.25) is 14.4 Å². The van der Waals surface area contributed by atoms with E-state index < -0.39 is 28.7 Å². The molecule has 2 aromatic carbocycles. The summed E-state index contributed by atoms with van der Waals surface area (Å²) in [6, 6.07) is 15.8. The molecular formula is C27H30N6O4S. The van der Waals surface area contributed by atoms with E-state index in [0.717, 1.165) is 23.0 Å². The summed E-state index contributed by atoms with van der Waals surface area (Å²) in [6.45, 7) is 1.95. The molecule has 0 saturated carbocycles. The fourth-order valence-electron chi connectivity index (χ4n) is 6.44. The zero-order chi connectivity index (χ0) is 26.4. The summed E-state index contributed by atoms with van der Waals surface area (Å²) in [5.74, 6) is -1.82. The summed E-state index contributed by atoms with van der Waals surface area (Å²) >= 11 is 1.60. The van der Waals surface area contributed by atoms with E-state index in [4.69, 9.17) is 0 Å². The van der Waals surface area contributed by atoms with Crippen LogP contribution in [0.3, 0.4) is 0 Å². The molecule has 2 unspecified atom stereocenters. The predicted octanol–water partition coefficient (Wildman–Crippen LogP) is 1.29. The highest BCUT2D eigenvalue weighted by Gasteiger charge is 2.73. The van der Waals surface area contributed by atoms with E-state index in [0.29, 0.717) is 13.0 Å². The van der Waals surface area contributed by atoms with Crippen LogP contribution in [0.5, 0.6) is 0 Å². The fraction of sp³-hybridized carbons (Fsp3) is 0.444. The number of nitrogens with one attached hydrogen (secondary N) is 2. The van der Waals surface area contributed by atoms with Gasteiger partial charge >= 0.3 is 0 Å². The first kappa shape index (κ1) is 24.9. The van der Waals surface area contributed by atoms with Crippen LogP contribution in [-0.4, -0.2) is 71.4 Å². The number of fused-ring (bicyclic) bond motifs is 2. The maximum Gasteiger partial charge on any atom is 0.245 e. The molecule has 38 heavy (non-hydrogen) atoms. The van der Waals surface area contributed by atoms with Crippen LogP contribution in [0.4, 0.5) is 0 Å². The van der Waals surface area contributed by atoms with Crippen molar-refractivity contribution in [3.63, 3.8) is 0 Å². The number of amides is 3. The number of hydrogen-bond donors (Lipinski definition) is 3. The molecule has 3 aliphatic heterocycles. The molecule has 6 atom stereocenters. The molecule has 4 heterocycles. The lowest BCUT2D eigenvalue weighted by Crippen LogP contribution is -2.56. The van der Waals surface area contributed by atoms with Gasteiger partial charge < -0.3 is 20.6 Å². The number of carbonyl (C=O) groups is 3. The van der Waals surface area contributed by atoms with Crippen LogP contribution in [0.25, 0.3) is 11.0 Å². The van der Waals surface area contributed by atoms with E-state index in [9.17, 15) is 19.5 Å². The predicted molar refractivity (Wildman–Crippen MR) is 141 cm³/mol. The zero-order valence-corrected chi connectivity index (χ0v) is 21.8. The lowest BCUT2D eigenvalue weighted by atomic mass is 9.70. The topological polar surface area (TPSA) is 129 Å². The van der Waals surface area contributed by atoms with E-state index in [2.05, 4.69) is 20.9 Å². The second kappa shape index (κ2) is 9.70. The van der Waals surface area contributed by atoms with Crippen LogP contribution in [0, 0.1) is 11.8 Å². The first-order valence-electron chi connectivity index (χ1n) is 12.9. The molecule has 3 fully saturated rings. The average Bonchev–Trinajstić information content (AvgIpc) is 3.69. The van der Waals surface area contributed by atoms with Gasteiger partial charge in [-0.2, -0.15) is 0 Å². The fourth-order valence-corrected chi connectivity index (χ4v) is 8.65. The van der Waals surface area contributed by atoms with Crippen molar-refractivity contribution in [3.05, 3.63) is 60.2 Å². The van der Waals surface area contributed by atoms with E-state index in [1.807, 2.05) is 54.6 Å². The first-order chi connectivity index (χ1) is 18.4. The Morgan fingerprint density at radius 1 is 1.13 bits per heavy atom. The summed E-state index contributed by atoms with van der Waals surface area (Å²) in [6.07, 6.45) is 1.43. The molecule has 10 nitrogen and oxygen atoms in total. The molecule has 3 aromatic rings.